The summed E-state index contributed by atoms with van der Waals surface area (Å²) in [4.78, 5) is 58.8. The quantitative estimate of drug-likeness (QED) is 0.142. The number of carbonyl (C=O) groups is 2. The van der Waals surface area contributed by atoms with E-state index in [1.165, 1.54) is 13.0 Å². The molecule has 0 saturated carbocycles. The van der Waals surface area contributed by atoms with Gasteiger partial charge in [-0.05, 0) is 0 Å². The number of aliphatic hydroxyl groups excluding tert-OH is 2. The van der Waals surface area contributed by atoms with Gasteiger partial charge >= 0.3 is 23.5 Å². The average Bonchev–Trinajstić information content (AvgIpc) is 2.81. The van der Waals surface area contributed by atoms with Crippen molar-refractivity contribution in [2.24, 2.45) is 5.92 Å². The van der Waals surface area contributed by atoms with E-state index in [4.69, 9.17) is 19.4 Å². The Hall–Kier alpha value is -0.830. The summed E-state index contributed by atoms with van der Waals surface area (Å²) in [7, 11) is -16.8. The summed E-state index contributed by atoms with van der Waals surface area (Å²) in [6, 6.07) is 0. The highest BCUT2D eigenvalue weighted by atomic mass is 31.3. The minimum absolute atomic E-state index is 0.186. The van der Waals surface area contributed by atoms with Crippen LogP contribution in [-0.4, -0.2) is 72.6 Å². The fourth-order valence-electron chi connectivity index (χ4n) is 2.56. The summed E-state index contributed by atoms with van der Waals surface area (Å²) in [5.74, 6) is -2.23. The highest BCUT2D eigenvalue weighted by Gasteiger charge is 2.48. The average molecular weight is 497 g/mol. The molecule has 2 rings (SSSR count). The first-order valence-corrected chi connectivity index (χ1v) is 12.4. The van der Waals surface area contributed by atoms with Crippen molar-refractivity contribution < 1.29 is 71.0 Å². The maximum Gasteiger partial charge on any atom is 0.490 e. The third kappa shape index (κ3) is 6.58. The molecule has 7 unspecified atom stereocenters. The van der Waals surface area contributed by atoms with Crippen LogP contribution in [0.1, 0.15) is 6.92 Å². The van der Waals surface area contributed by atoms with Crippen LogP contribution in [0.2, 0.25) is 0 Å². The number of nitrogens with one attached hydrogen (secondary N) is 1. The normalized spacial score (nSPS) is 34.1. The zero-order valence-electron chi connectivity index (χ0n) is 14.9. The molecule has 7 N–H and O–H groups in total. The van der Waals surface area contributed by atoms with Crippen molar-refractivity contribution >= 4 is 35.3 Å². The number of phosphoric ester groups is 1. The number of amides is 2. The van der Waals surface area contributed by atoms with E-state index in [-0.39, 0.29) is 5.57 Å². The van der Waals surface area contributed by atoms with E-state index in [2.05, 4.69) is 13.1 Å². The SMILES string of the molecule is CC1C=C(C2OC(COP(=O)(O)OP(=O)(O)OP(=O)(O)O)C(O)C2O)C(=O)NC1=O. The standard InChI is InChI=1S/C11H18NO15P3/c1-4-2-5(11(16)12-10(4)15)9-8(14)7(13)6(25-9)3-24-29(20,21)27-30(22,23)26-28(17,18)19/h2,4,6-9,13-14H,3H2,1H3,(H,20,21)(H,22,23)(H,12,15,16)(H2,17,18,19). The van der Waals surface area contributed by atoms with Crippen LogP contribution in [0.3, 0.4) is 0 Å². The Bertz CT molecular complexity index is 881. The van der Waals surface area contributed by atoms with Crippen LogP contribution in [-0.2, 0) is 41.2 Å². The predicted molar refractivity (Wildman–Crippen MR) is 90.9 cm³/mol. The van der Waals surface area contributed by atoms with Gasteiger partial charge in [0.1, 0.15) is 24.4 Å². The predicted octanol–water partition coefficient (Wildman–Crippen LogP) is -1.96. The largest absolute Gasteiger partial charge is 0.490 e. The molecule has 2 aliphatic heterocycles. The Balaban J connectivity index is 2.04. The number of imide groups is 1. The van der Waals surface area contributed by atoms with Crippen molar-refractivity contribution in [3.05, 3.63) is 11.6 Å². The van der Waals surface area contributed by atoms with E-state index in [9.17, 15) is 38.4 Å². The fourth-order valence-corrected chi connectivity index (χ4v) is 5.59. The first kappa shape index (κ1) is 25.4. The highest BCUT2D eigenvalue weighted by Crippen LogP contribution is 2.66. The molecule has 1 saturated heterocycles. The van der Waals surface area contributed by atoms with Crippen molar-refractivity contribution in [1.29, 1.82) is 0 Å². The summed E-state index contributed by atoms with van der Waals surface area (Å²) < 4.78 is 50.2. The van der Waals surface area contributed by atoms with E-state index >= 15 is 0 Å². The van der Waals surface area contributed by atoms with Crippen LogP contribution in [0.5, 0.6) is 0 Å². The maximum absolute atomic E-state index is 11.9. The smallest absolute Gasteiger partial charge is 0.387 e. The van der Waals surface area contributed by atoms with Gasteiger partial charge in [0, 0.05) is 5.57 Å². The number of phosphoric acid groups is 3. The lowest BCUT2D eigenvalue weighted by Crippen LogP contribution is -2.44. The summed E-state index contributed by atoms with van der Waals surface area (Å²) in [6.45, 7) is 0.425. The van der Waals surface area contributed by atoms with Gasteiger partial charge in [0.05, 0.1) is 12.5 Å². The molecule has 0 radical (unpaired) electrons. The molecule has 172 valence electrons. The molecule has 0 bridgehead atoms. The summed E-state index contributed by atoms with van der Waals surface area (Å²) in [6.07, 6.45) is -5.26. The lowest BCUT2D eigenvalue weighted by molar-refractivity contribution is -0.132. The number of hydrogen-bond donors (Lipinski definition) is 7. The molecule has 2 amide bonds. The molecule has 0 aromatic carbocycles. The van der Waals surface area contributed by atoms with Crippen LogP contribution in [0.4, 0.5) is 0 Å². The molecule has 0 spiro atoms. The Morgan fingerprint density at radius 2 is 1.63 bits per heavy atom. The Labute approximate surface area is 167 Å². The maximum atomic E-state index is 11.9. The monoisotopic (exact) mass is 497 g/mol. The van der Waals surface area contributed by atoms with Gasteiger partial charge in [-0.15, -0.1) is 0 Å². The third-order valence-electron chi connectivity index (χ3n) is 3.83. The molecule has 2 heterocycles. The lowest BCUT2D eigenvalue weighted by Gasteiger charge is -2.23. The molecular formula is C11H18NO15P3. The zero-order valence-corrected chi connectivity index (χ0v) is 17.6. The molecule has 7 atom stereocenters. The van der Waals surface area contributed by atoms with Gasteiger partial charge in [-0.1, -0.05) is 13.0 Å². The number of rotatable bonds is 8. The van der Waals surface area contributed by atoms with Crippen LogP contribution < -0.4 is 5.32 Å². The van der Waals surface area contributed by atoms with Crippen molar-refractivity contribution in [2.75, 3.05) is 6.61 Å². The molecule has 1 fully saturated rings. The Kier molecular flexibility index (Phi) is 7.60. The van der Waals surface area contributed by atoms with Crippen molar-refractivity contribution in [3.8, 4) is 0 Å². The molecule has 0 aromatic rings. The Morgan fingerprint density at radius 3 is 2.20 bits per heavy atom. The molecule has 30 heavy (non-hydrogen) atoms. The second-order valence-electron chi connectivity index (χ2n) is 6.19. The van der Waals surface area contributed by atoms with E-state index < -0.39 is 72.2 Å². The van der Waals surface area contributed by atoms with Gasteiger partial charge in [0.2, 0.25) is 5.91 Å². The minimum Gasteiger partial charge on any atom is -0.387 e. The molecule has 0 aliphatic carbocycles. The third-order valence-corrected chi connectivity index (χ3v) is 7.63. The Morgan fingerprint density at radius 1 is 1.03 bits per heavy atom. The van der Waals surface area contributed by atoms with Crippen LogP contribution in [0, 0.1) is 5.92 Å². The highest BCUT2D eigenvalue weighted by molar-refractivity contribution is 7.66. The molecule has 0 aromatic heterocycles. The zero-order chi connectivity index (χ0) is 23.1. The minimum atomic E-state index is -5.73. The van der Waals surface area contributed by atoms with Crippen molar-refractivity contribution in [2.45, 2.75) is 31.3 Å². The van der Waals surface area contributed by atoms with E-state index in [0.29, 0.717) is 0 Å². The molecule has 16 nitrogen and oxygen atoms in total. The number of ether oxygens (including phenoxy) is 1. The summed E-state index contributed by atoms with van der Waals surface area (Å²) in [5, 5.41) is 22.1. The van der Waals surface area contributed by atoms with Crippen molar-refractivity contribution in [3.63, 3.8) is 0 Å². The second kappa shape index (κ2) is 8.96. The molecule has 2 aliphatic rings. The van der Waals surface area contributed by atoms with E-state index in [0.717, 1.165) is 0 Å². The lowest BCUT2D eigenvalue weighted by atomic mass is 9.94. The number of aliphatic hydroxyl groups is 2. The fraction of sp³-hybridized carbons (Fsp3) is 0.636. The first-order chi connectivity index (χ1) is 13.5. The van der Waals surface area contributed by atoms with E-state index in [1.807, 2.05) is 5.32 Å². The second-order valence-corrected chi connectivity index (χ2v) is 10.6. The van der Waals surface area contributed by atoms with Crippen LogP contribution in [0.25, 0.3) is 0 Å². The topological polar surface area (TPSA) is 256 Å². The van der Waals surface area contributed by atoms with Gasteiger partial charge in [0.15, 0.2) is 0 Å². The number of hydrogen-bond acceptors (Lipinski definition) is 11. The van der Waals surface area contributed by atoms with E-state index in [1.54, 1.807) is 0 Å². The van der Waals surface area contributed by atoms with Crippen molar-refractivity contribution in [1.82, 2.24) is 5.32 Å². The van der Waals surface area contributed by atoms with Crippen LogP contribution in [0.15, 0.2) is 11.6 Å². The van der Waals surface area contributed by atoms with Gasteiger partial charge in [-0.25, -0.2) is 13.7 Å². The summed E-state index contributed by atoms with van der Waals surface area (Å²) >= 11 is 0. The van der Waals surface area contributed by atoms with Gasteiger partial charge in [-0.2, -0.15) is 8.62 Å². The van der Waals surface area contributed by atoms with Gasteiger partial charge in [-0.3, -0.25) is 19.4 Å². The van der Waals surface area contributed by atoms with Gasteiger partial charge in [0.25, 0.3) is 5.91 Å². The first-order valence-electron chi connectivity index (χ1n) is 7.88. The summed E-state index contributed by atoms with van der Waals surface area (Å²) in [5.41, 5.74) is -0.186. The van der Waals surface area contributed by atoms with Crippen LogP contribution >= 0.6 is 23.5 Å². The molecular weight excluding hydrogens is 479 g/mol. The van der Waals surface area contributed by atoms with Gasteiger partial charge < -0.3 is 34.5 Å². The molecule has 19 heteroatoms. The number of carbonyl (C=O) groups excluding carboxylic acids is 2.